The topological polar surface area (TPSA) is 48.9 Å². The van der Waals surface area contributed by atoms with Gasteiger partial charge in [0.1, 0.15) is 0 Å². The molecule has 2 aliphatic rings. The molecule has 5 nitrogen and oxygen atoms in total. The Hall–Kier alpha value is -1.59. The summed E-state index contributed by atoms with van der Waals surface area (Å²) in [6.07, 6.45) is 2.40. The van der Waals surface area contributed by atoms with E-state index < -0.39 is 0 Å². The van der Waals surface area contributed by atoms with Crippen LogP contribution in [0, 0.1) is 5.41 Å². The maximum Gasteiger partial charge on any atom is 0.194 e. The van der Waals surface area contributed by atoms with Crippen LogP contribution < -0.4 is 10.6 Å². The Morgan fingerprint density at radius 1 is 1.30 bits per heavy atom. The van der Waals surface area contributed by atoms with E-state index in [4.69, 9.17) is 9.73 Å². The van der Waals surface area contributed by atoms with Gasteiger partial charge in [-0.25, -0.2) is 0 Å². The Bertz CT molecular complexity index is 622. The molecular formula is C22H36N4O. The first-order valence-electron chi connectivity index (χ1n) is 10.4. The van der Waals surface area contributed by atoms with Gasteiger partial charge < -0.3 is 20.3 Å². The smallest absolute Gasteiger partial charge is 0.194 e. The maximum absolute atomic E-state index is 5.67. The quantitative estimate of drug-likeness (QED) is 0.595. The van der Waals surface area contributed by atoms with Gasteiger partial charge >= 0.3 is 0 Å². The molecule has 2 fully saturated rings. The van der Waals surface area contributed by atoms with Gasteiger partial charge in [-0.2, -0.15) is 0 Å². The number of benzene rings is 1. The monoisotopic (exact) mass is 372 g/mol. The minimum Gasteiger partial charge on any atom is -0.381 e. The lowest BCUT2D eigenvalue weighted by Gasteiger charge is -2.30. The van der Waals surface area contributed by atoms with Crippen LogP contribution in [-0.4, -0.2) is 55.8 Å². The largest absolute Gasteiger partial charge is 0.381 e. The summed E-state index contributed by atoms with van der Waals surface area (Å²) in [6.45, 7) is 14.4. The molecule has 0 radical (unpaired) electrons. The highest BCUT2D eigenvalue weighted by Gasteiger charge is 2.42. The van der Waals surface area contributed by atoms with Gasteiger partial charge in [0.15, 0.2) is 5.96 Å². The van der Waals surface area contributed by atoms with Crippen molar-refractivity contribution in [2.75, 3.05) is 39.4 Å². The highest BCUT2D eigenvalue weighted by atomic mass is 16.5. The molecule has 27 heavy (non-hydrogen) atoms. The van der Waals surface area contributed by atoms with Gasteiger partial charge in [-0.1, -0.05) is 30.3 Å². The highest BCUT2D eigenvalue weighted by Crippen LogP contribution is 2.38. The summed E-state index contributed by atoms with van der Waals surface area (Å²) in [6, 6.07) is 10.9. The average Bonchev–Trinajstić information content (AvgIpc) is 3.29. The molecule has 0 aliphatic carbocycles. The van der Waals surface area contributed by atoms with Crippen molar-refractivity contribution in [3.8, 4) is 0 Å². The molecule has 2 atom stereocenters. The number of aliphatic imine (C=N–C) groups is 1. The number of likely N-dealkylation sites (tertiary alicyclic amines) is 1. The minimum atomic E-state index is -0.0796. The zero-order valence-corrected chi connectivity index (χ0v) is 17.4. The summed E-state index contributed by atoms with van der Waals surface area (Å²) in [5, 5.41) is 7.23. The van der Waals surface area contributed by atoms with Crippen LogP contribution in [0.15, 0.2) is 35.3 Å². The summed E-state index contributed by atoms with van der Waals surface area (Å²) in [7, 11) is 0. The van der Waals surface area contributed by atoms with E-state index in [1.54, 1.807) is 0 Å². The molecule has 1 spiro atoms. The third kappa shape index (κ3) is 5.23. The standard InChI is InChI=1S/C22H36N4O/c1-5-23-20(26-13-11-22(16-26)12-14-27-17-22)24-15-21(3,4)25-18(2)19-9-7-6-8-10-19/h6-10,18,25H,5,11-17H2,1-4H3,(H,23,24). The van der Waals surface area contributed by atoms with Crippen molar-refractivity contribution in [3.05, 3.63) is 35.9 Å². The fourth-order valence-corrected chi connectivity index (χ4v) is 4.24. The van der Waals surface area contributed by atoms with Gasteiger partial charge in [-0.15, -0.1) is 0 Å². The first-order chi connectivity index (χ1) is 12.9. The van der Waals surface area contributed by atoms with E-state index in [1.165, 1.54) is 18.4 Å². The number of nitrogens with zero attached hydrogens (tertiary/aromatic N) is 2. The molecule has 0 aromatic heterocycles. The zero-order valence-electron chi connectivity index (χ0n) is 17.4. The third-order valence-corrected chi connectivity index (χ3v) is 5.79. The van der Waals surface area contributed by atoms with Gasteiger partial charge in [-0.05, 0) is 46.1 Å². The van der Waals surface area contributed by atoms with E-state index in [0.717, 1.165) is 45.4 Å². The molecule has 2 unspecified atom stereocenters. The van der Waals surface area contributed by atoms with E-state index in [1.807, 2.05) is 0 Å². The molecule has 0 bridgehead atoms. The Labute approximate surface area is 164 Å². The van der Waals surface area contributed by atoms with E-state index in [-0.39, 0.29) is 5.54 Å². The van der Waals surface area contributed by atoms with Crippen LogP contribution in [0.1, 0.15) is 52.1 Å². The first-order valence-corrected chi connectivity index (χ1v) is 10.4. The molecule has 3 rings (SSSR count). The third-order valence-electron chi connectivity index (χ3n) is 5.79. The van der Waals surface area contributed by atoms with E-state index in [9.17, 15) is 0 Å². The second-order valence-corrected chi connectivity index (χ2v) is 8.80. The Kier molecular flexibility index (Phi) is 6.43. The van der Waals surface area contributed by atoms with Gasteiger partial charge in [0.2, 0.25) is 0 Å². The van der Waals surface area contributed by atoms with Crippen molar-refractivity contribution in [1.82, 2.24) is 15.5 Å². The molecule has 1 aromatic carbocycles. The molecule has 2 aliphatic heterocycles. The fourth-order valence-electron chi connectivity index (χ4n) is 4.24. The van der Waals surface area contributed by atoms with Crippen LogP contribution >= 0.6 is 0 Å². The Balaban J connectivity index is 1.61. The van der Waals surface area contributed by atoms with Gasteiger partial charge in [-0.3, -0.25) is 4.99 Å². The van der Waals surface area contributed by atoms with E-state index in [0.29, 0.717) is 11.5 Å². The molecule has 0 saturated carbocycles. The summed E-state index contributed by atoms with van der Waals surface area (Å²) in [4.78, 5) is 7.42. The van der Waals surface area contributed by atoms with E-state index in [2.05, 4.69) is 73.6 Å². The van der Waals surface area contributed by atoms with Crippen molar-refractivity contribution in [2.45, 2.75) is 52.1 Å². The lowest BCUT2D eigenvalue weighted by molar-refractivity contribution is 0.156. The van der Waals surface area contributed by atoms with Gasteiger partial charge in [0.05, 0.1) is 13.2 Å². The molecule has 2 saturated heterocycles. The van der Waals surface area contributed by atoms with Crippen molar-refractivity contribution < 1.29 is 4.74 Å². The lowest BCUT2D eigenvalue weighted by atomic mass is 9.87. The van der Waals surface area contributed by atoms with Crippen LogP contribution in [-0.2, 0) is 4.74 Å². The summed E-state index contributed by atoms with van der Waals surface area (Å²) >= 11 is 0. The molecule has 150 valence electrons. The van der Waals surface area contributed by atoms with Crippen molar-refractivity contribution in [3.63, 3.8) is 0 Å². The number of rotatable bonds is 6. The van der Waals surface area contributed by atoms with Gasteiger partial charge in [0, 0.05) is 43.2 Å². The molecule has 2 N–H and O–H groups in total. The minimum absolute atomic E-state index is 0.0796. The van der Waals surface area contributed by atoms with Crippen LogP contribution in [0.2, 0.25) is 0 Å². The molecule has 5 heteroatoms. The predicted octanol–water partition coefficient (Wildman–Crippen LogP) is 3.19. The highest BCUT2D eigenvalue weighted by molar-refractivity contribution is 5.80. The second-order valence-electron chi connectivity index (χ2n) is 8.80. The lowest BCUT2D eigenvalue weighted by Crippen LogP contribution is -2.46. The van der Waals surface area contributed by atoms with Crippen LogP contribution in [0.3, 0.4) is 0 Å². The molecule has 2 heterocycles. The maximum atomic E-state index is 5.67. The second kappa shape index (κ2) is 8.61. The molecule has 1 aromatic rings. The van der Waals surface area contributed by atoms with Gasteiger partial charge in [0.25, 0.3) is 0 Å². The van der Waals surface area contributed by atoms with E-state index >= 15 is 0 Å². The summed E-state index contributed by atoms with van der Waals surface area (Å²) in [5.74, 6) is 1.04. The normalized spacial score (nSPS) is 24.6. The summed E-state index contributed by atoms with van der Waals surface area (Å²) in [5.41, 5.74) is 1.58. The SMILES string of the molecule is CCNC(=NCC(C)(C)NC(C)c1ccccc1)N1CCC2(CCOC2)C1. The number of hydrogen-bond acceptors (Lipinski definition) is 3. The Morgan fingerprint density at radius 2 is 2.07 bits per heavy atom. The Morgan fingerprint density at radius 3 is 2.74 bits per heavy atom. The van der Waals surface area contributed by atoms with Crippen molar-refractivity contribution in [2.24, 2.45) is 10.4 Å². The summed E-state index contributed by atoms with van der Waals surface area (Å²) < 4.78 is 5.67. The van der Waals surface area contributed by atoms with Crippen molar-refractivity contribution in [1.29, 1.82) is 0 Å². The first kappa shape index (κ1) is 20.2. The zero-order chi connectivity index (χ0) is 19.3. The molecule has 0 amide bonds. The fraction of sp³-hybridized carbons (Fsp3) is 0.682. The average molecular weight is 373 g/mol. The van der Waals surface area contributed by atoms with Crippen molar-refractivity contribution >= 4 is 5.96 Å². The van der Waals surface area contributed by atoms with Crippen LogP contribution in [0.4, 0.5) is 0 Å². The molecular weight excluding hydrogens is 336 g/mol. The number of nitrogens with one attached hydrogen (secondary N) is 2. The number of ether oxygens (including phenoxy) is 1. The predicted molar refractivity (Wildman–Crippen MR) is 112 cm³/mol. The number of hydrogen-bond donors (Lipinski definition) is 2. The number of guanidine groups is 1. The van der Waals surface area contributed by atoms with Crippen LogP contribution in [0.5, 0.6) is 0 Å². The van der Waals surface area contributed by atoms with Crippen LogP contribution in [0.25, 0.3) is 0 Å².